The molecule has 0 aromatic carbocycles. The number of aliphatic hydroxyl groups is 1. The lowest BCUT2D eigenvalue weighted by Crippen LogP contribution is -2.54. The molecule has 148 valence electrons. The number of rotatable bonds is 1. The maximum absolute atomic E-state index is 13.1. The van der Waals surface area contributed by atoms with E-state index >= 15 is 0 Å². The zero-order chi connectivity index (χ0) is 19.0. The molecule has 0 saturated heterocycles. The molecule has 8 atom stereocenters. The van der Waals surface area contributed by atoms with Gasteiger partial charge < -0.3 is 5.11 Å². The molecule has 2 heteroatoms. The smallest absolute Gasteiger partial charge is 0.137 e. The van der Waals surface area contributed by atoms with Crippen molar-refractivity contribution >= 4 is 5.78 Å². The molecular formula is C25H36O2. The number of aliphatic hydroxyl groups excluding tert-OH is 1. The largest absolute Gasteiger partial charge is 0.393 e. The van der Waals surface area contributed by atoms with Crippen molar-refractivity contribution in [2.45, 2.75) is 84.7 Å². The number of hydrogen-bond acceptors (Lipinski definition) is 2. The Morgan fingerprint density at radius 1 is 1.11 bits per heavy atom. The predicted octanol–water partition coefficient (Wildman–Crippen LogP) is 5.46. The summed E-state index contributed by atoms with van der Waals surface area (Å²) in [6.07, 6.45) is 17.0. The highest BCUT2D eigenvalue weighted by molar-refractivity contribution is 5.85. The maximum Gasteiger partial charge on any atom is 0.137 e. The number of allylic oxidation sites excluding steroid dienone is 3. The van der Waals surface area contributed by atoms with Gasteiger partial charge in [-0.2, -0.15) is 0 Å². The van der Waals surface area contributed by atoms with Crippen molar-refractivity contribution < 1.29 is 9.90 Å². The highest BCUT2D eigenvalue weighted by atomic mass is 16.3. The van der Waals surface area contributed by atoms with Crippen molar-refractivity contribution in [3.63, 3.8) is 0 Å². The zero-order valence-corrected chi connectivity index (χ0v) is 17.3. The van der Waals surface area contributed by atoms with Crippen molar-refractivity contribution in [1.82, 2.24) is 0 Å². The fraction of sp³-hybridized carbons (Fsp3) is 0.800. The molecule has 8 unspecified atom stereocenters. The topological polar surface area (TPSA) is 37.3 Å². The Hall–Kier alpha value is -0.890. The van der Waals surface area contributed by atoms with E-state index in [1.807, 2.05) is 6.92 Å². The quantitative estimate of drug-likeness (QED) is 0.624. The third-order valence-electron chi connectivity index (χ3n) is 10.4. The molecule has 27 heavy (non-hydrogen) atoms. The first-order valence-corrected chi connectivity index (χ1v) is 11.4. The van der Waals surface area contributed by atoms with Crippen molar-refractivity contribution in [1.29, 1.82) is 0 Å². The monoisotopic (exact) mass is 368 g/mol. The van der Waals surface area contributed by atoms with Gasteiger partial charge in [-0.05, 0) is 99.2 Å². The molecule has 3 fully saturated rings. The van der Waals surface area contributed by atoms with E-state index in [2.05, 4.69) is 32.1 Å². The molecule has 0 heterocycles. The van der Waals surface area contributed by atoms with Gasteiger partial charge in [0.1, 0.15) is 5.78 Å². The Morgan fingerprint density at radius 2 is 1.93 bits per heavy atom. The summed E-state index contributed by atoms with van der Waals surface area (Å²) in [7, 11) is 0. The second-order valence-corrected chi connectivity index (χ2v) is 11.0. The van der Waals surface area contributed by atoms with Crippen molar-refractivity contribution in [3.8, 4) is 0 Å². The van der Waals surface area contributed by atoms with Crippen LogP contribution in [0.1, 0.15) is 78.6 Å². The van der Waals surface area contributed by atoms with Crippen LogP contribution in [-0.2, 0) is 4.79 Å². The minimum atomic E-state index is -0.129. The van der Waals surface area contributed by atoms with E-state index in [1.54, 1.807) is 5.57 Å². The highest BCUT2D eigenvalue weighted by Gasteiger charge is 2.68. The summed E-state index contributed by atoms with van der Waals surface area (Å²) in [6.45, 7) is 6.86. The van der Waals surface area contributed by atoms with Crippen LogP contribution in [0.5, 0.6) is 0 Å². The molecule has 5 aliphatic rings. The van der Waals surface area contributed by atoms with Gasteiger partial charge in [-0.3, -0.25) is 4.79 Å². The van der Waals surface area contributed by atoms with E-state index in [4.69, 9.17) is 0 Å². The number of Topliss-reactive ketones (excluding diaryl/α,β-unsaturated/α-hetero) is 1. The lowest BCUT2D eigenvalue weighted by molar-refractivity contribution is -0.144. The summed E-state index contributed by atoms with van der Waals surface area (Å²) < 4.78 is 0. The molecular weight excluding hydrogens is 332 g/mol. The highest BCUT2D eigenvalue weighted by Crippen LogP contribution is 2.73. The Bertz CT molecular complexity index is 720. The van der Waals surface area contributed by atoms with Crippen LogP contribution >= 0.6 is 0 Å². The lowest BCUT2D eigenvalue weighted by Gasteiger charge is -2.60. The minimum Gasteiger partial charge on any atom is -0.393 e. The lowest BCUT2D eigenvalue weighted by atomic mass is 9.44. The molecule has 5 rings (SSSR count). The van der Waals surface area contributed by atoms with Crippen molar-refractivity contribution in [3.05, 3.63) is 23.8 Å². The standard InChI is InChI=1S/C25H36O2/c1-16(26)25-11-5-4-6-18(25)15-22-20-8-7-17-14-19(27)9-12-23(17,2)21(20)10-13-24(22,25)3/h4-5,7,18-22,27H,6,8-15H2,1-3H3. The number of hydrogen-bond donors (Lipinski definition) is 1. The van der Waals surface area contributed by atoms with Crippen LogP contribution in [0.2, 0.25) is 0 Å². The summed E-state index contributed by atoms with van der Waals surface area (Å²) in [4.78, 5) is 13.1. The molecule has 0 aliphatic heterocycles. The number of fused-ring (bicyclic) bond motifs is 7. The van der Waals surface area contributed by atoms with Gasteiger partial charge in [0.2, 0.25) is 0 Å². The van der Waals surface area contributed by atoms with Crippen LogP contribution in [0.25, 0.3) is 0 Å². The SMILES string of the molecule is CC(=O)C12CC=CCC1CC1C3CC=C4CC(O)CCC4(C)C3CCC12C. The molecule has 0 spiro atoms. The van der Waals surface area contributed by atoms with Crippen LogP contribution in [0.4, 0.5) is 0 Å². The third-order valence-corrected chi connectivity index (χ3v) is 10.4. The first kappa shape index (κ1) is 18.2. The molecule has 0 amide bonds. The summed E-state index contributed by atoms with van der Waals surface area (Å²) in [5, 5.41) is 10.2. The van der Waals surface area contributed by atoms with E-state index in [9.17, 15) is 9.90 Å². The molecule has 5 aliphatic carbocycles. The fourth-order valence-corrected chi connectivity index (χ4v) is 8.98. The molecule has 0 aromatic rings. The summed E-state index contributed by atoms with van der Waals surface area (Å²) in [6, 6.07) is 0. The summed E-state index contributed by atoms with van der Waals surface area (Å²) in [5.41, 5.74) is 1.90. The zero-order valence-electron chi connectivity index (χ0n) is 17.3. The Kier molecular flexibility index (Phi) is 3.91. The first-order chi connectivity index (χ1) is 12.8. The first-order valence-electron chi connectivity index (χ1n) is 11.4. The number of ketones is 1. The molecule has 0 radical (unpaired) electrons. The molecule has 2 nitrogen and oxygen atoms in total. The van der Waals surface area contributed by atoms with Crippen molar-refractivity contribution in [2.24, 2.45) is 39.9 Å². The average molecular weight is 369 g/mol. The van der Waals surface area contributed by atoms with Gasteiger partial charge in [0.05, 0.1) is 6.10 Å². The van der Waals surface area contributed by atoms with Crippen LogP contribution in [0, 0.1) is 39.9 Å². The van der Waals surface area contributed by atoms with Gasteiger partial charge in [-0.15, -0.1) is 0 Å². The van der Waals surface area contributed by atoms with Gasteiger partial charge >= 0.3 is 0 Å². The predicted molar refractivity (Wildman–Crippen MR) is 108 cm³/mol. The maximum atomic E-state index is 13.1. The second kappa shape index (κ2) is 5.81. The van der Waals surface area contributed by atoms with Crippen LogP contribution < -0.4 is 0 Å². The number of carbonyl (C=O) groups excluding carboxylic acids is 1. The molecule has 0 aromatic heterocycles. The van der Waals surface area contributed by atoms with Gasteiger partial charge in [0.15, 0.2) is 0 Å². The molecule has 1 N–H and O–H groups in total. The minimum absolute atomic E-state index is 0.106. The van der Waals surface area contributed by atoms with Crippen LogP contribution in [-0.4, -0.2) is 17.0 Å². The summed E-state index contributed by atoms with van der Waals surface area (Å²) in [5.74, 6) is 3.18. The Morgan fingerprint density at radius 3 is 2.70 bits per heavy atom. The van der Waals surface area contributed by atoms with Gasteiger partial charge in [0.25, 0.3) is 0 Å². The Balaban J connectivity index is 1.54. The van der Waals surface area contributed by atoms with E-state index in [0.717, 1.165) is 43.9 Å². The van der Waals surface area contributed by atoms with Gasteiger partial charge in [-0.25, -0.2) is 0 Å². The van der Waals surface area contributed by atoms with E-state index in [0.29, 0.717) is 23.0 Å². The van der Waals surface area contributed by atoms with E-state index in [1.165, 1.54) is 25.7 Å². The van der Waals surface area contributed by atoms with Gasteiger partial charge in [-0.1, -0.05) is 37.6 Å². The normalized spacial score (nSPS) is 53.6. The molecule has 3 saturated carbocycles. The third kappa shape index (κ3) is 2.14. The van der Waals surface area contributed by atoms with Crippen LogP contribution in [0.15, 0.2) is 23.8 Å². The number of carbonyl (C=O) groups is 1. The fourth-order valence-electron chi connectivity index (χ4n) is 8.98. The summed E-state index contributed by atoms with van der Waals surface area (Å²) >= 11 is 0. The van der Waals surface area contributed by atoms with E-state index < -0.39 is 0 Å². The Labute approximate surface area is 164 Å². The second-order valence-electron chi connectivity index (χ2n) is 11.0. The van der Waals surface area contributed by atoms with E-state index in [-0.39, 0.29) is 16.9 Å². The van der Waals surface area contributed by atoms with Crippen molar-refractivity contribution in [2.75, 3.05) is 0 Å². The average Bonchev–Trinajstić information content (AvgIpc) is 2.92. The van der Waals surface area contributed by atoms with Crippen LogP contribution in [0.3, 0.4) is 0 Å². The molecule has 0 bridgehead atoms. The van der Waals surface area contributed by atoms with Gasteiger partial charge in [0, 0.05) is 5.41 Å².